The van der Waals surface area contributed by atoms with Gasteiger partial charge in [-0.25, -0.2) is 4.79 Å². The van der Waals surface area contributed by atoms with Crippen LogP contribution in [0.1, 0.15) is 13.3 Å². The van der Waals surface area contributed by atoms with Crippen molar-refractivity contribution in [3.05, 3.63) is 0 Å². The normalized spacial score (nSPS) is 23.0. The molecule has 0 bridgehead atoms. The smallest absolute Gasteiger partial charge is 0.327 e. The van der Waals surface area contributed by atoms with Crippen LogP contribution in [-0.4, -0.2) is 54.1 Å². The standard InChI is InChI=1S/C10H19N3O3/c1-7(14)12-9(10(15)16)6-13-3-2-8(4-11)5-13/h8-9H,2-6,11H2,1H3,(H,12,14)(H,15,16). The second kappa shape index (κ2) is 5.81. The number of aliphatic carboxylic acids is 1. The third-order valence-corrected chi connectivity index (χ3v) is 2.82. The maximum Gasteiger partial charge on any atom is 0.327 e. The molecule has 1 aliphatic rings. The van der Waals surface area contributed by atoms with Gasteiger partial charge in [-0.2, -0.15) is 0 Å². The second-order valence-electron chi connectivity index (χ2n) is 4.24. The number of carbonyl (C=O) groups excluding carboxylic acids is 1. The number of carboxylic acids is 1. The molecule has 6 heteroatoms. The molecular formula is C10H19N3O3. The van der Waals surface area contributed by atoms with E-state index in [1.54, 1.807) is 0 Å². The fraction of sp³-hybridized carbons (Fsp3) is 0.800. The van der Waals surface area contributed by atoms with Gasteiger partial charge in [0.1, 0.15) is 6.04 Å². The lowest BCUT2D eigenvalue weighted by atomic mass is 10.1. The molecule has 0 spiro atoms. The Morgan fingerprint density at radius 3 is 2.75 bits per heavy atom. The van der Waals surface area contributed by atoms with Gasteiger partial charge < -0.3 is 21.1 Å². The number of carboxylic acid groups (broad SMARTS) is 1. The van der Waals surface area contributed by atoms with Gasteiger partial charge in [-0.15, -0.1) is 0 Å². The lowest BCUT2D eigenvalue weighted by Gasteiger charge is -2.21. The summed E-state index contributed by atoms with van der Waals surface area (Å²) >= 11 is 0. The van der Waals surface area contributed by atoms with Gasteiger partial charge in [-0.3, -0.25) is 4.79 Å². The molecule has 16 heavy (non-hydrogen) atoms. The summed E-state index contributed by atoms with van der Waals surface area (Å²) in [6.45, 7) is 3.98. The molecule has 0 aliphatic carbocycles. The maximum atomic E-state index is 10.9. The zero-order valence-corrected chi connectivity index (χ0v) is 9.48. The van der Waals surface area contributed by atoms with E-state index in [-0.39, 0.29) is 5.91 Å². The molecule has 1 fully saturated rings. The van der Waals surface area contributed by atoms with E-state index >= 15 is 0 Å². The van der Waals surface area contributed by atoms with Crippen molar-refractivity contribution in [2.45, 2.75) is 19.4 Å². The summed E-state index contributed by atoms with van der Waals surface area (Å²) in [4.78, 5) is 23.8. The van der Waals surface area contributed by atoms with E-state index in [1.165, 1.54) is 6.92 Å². The molecule has 0 aromatic carbocycles. The molecule has 92 valence electrons. The first-order valence-electron chi connectivity index (χ1n) is 5.45. The Balaban J connectivity index is 2.43. The Morgan fingerprint density at radius 2 is 2.31 bits per heavy atom. The molecule has 0 radical (unpaired) electrons. The van der Waals surface area contributed by atoms with E-state index < -0.39 is 12.0 Å². The van der Waals surface area contributed by atoms with Crippen LogP contribution in [0.25, 0.3) is 0 Å². The van der Waals surface area contributed by atoms with Gasteiger partial charge in [0.25, 0.3) is 0 Å². The van der Waals surface area contributed by atoms with Gasteiger partial charge >= 0.3 is 5.97 Å². The predicted octanol–water partition coefficient (Wildman–Crippen LogP) is -1.14. The number of likely N-dealkylation sites (tertiary alicyclic amines) is 1. The van der Waals surface area contributed by atoms with Crippen LogP contribution in [0.4, 0.5) is 0 Å². The van der Waals surface area contributed by atoms with Crippen LogP contribution in [0.5, 0.6) is 0 Å². The monoisotopic (exact) mass is 229 g/mol. The number of rotatable bonds is 5. The molecule has 2 unspecified atom stereocenters. The highest BCUT2D eigenvalue weighted by Crippen LogP contribution is 2.14. The molecule has 6 nitrogen and oxygen atoms in total. The lowest BCUT2D eigenvalue weighted by molar-refractivity contribution is -0.142. The summed E-state index contributed by atoms with van der Waals surface area (Å²) < 4.78 is 0. The highest BCUT2D eigenvalue weighted by atomic mass is 16.4. The molecule has 1 saturated heterocycles. The van der Waals surface area contributed by atoms with Crippen LogP contribution in [0.2, 0.25) is 0 Å². The predicted molar refractivity (Wildman–Crippen MR) is 58.8 cm³/mol. The molecule has 0 aromatic rings. The minimum absolute atomic E-state index is 0.318. The van der Waals surface area contributed by atoms with Crippen molar-refractivity contribution >= 4 is 11.9 Å². The van der Waals surface area contributed by atoms with Gasteiger partial charge in [-0.1, -0.05) is 0 Å². The van der Waals surface area contributed by atoms with Crippen LogP contribution in [0.15, 0.2) is 0 Å². The average molecular weight is 229 g/mol. The molecule has 1 rings (SSSR count). The van der Waals surface area contributed by atoms with Crippen LogP contribution < -0.4 is 11.1 Å². The van der Waals surface area contributed by atoms with Gasteiger partial charge in [0.15, 0.2) is 0 Å². The van der Waals surface area contributed by atoms with Gasteiger partial charge in [-0.05, 0) is 25.4 Å². The van der Waals surface area contributed by atoms with E-state index in [1.807, 2.05) is 4.90 Å². The fourth-order valence-corrected chi connectivity index (χ4v) is 1.96. The van der Waals surface area contributed by atoms with E-state index in [4.69, 9.17) is 10.8 Å². The van der Waals surface area contributed by atoms with Gasteiger partial charge in [0.2, 0.25) is 5.91 Å². The van der Waals surface area contributed by atoms with Crippen molar-refractivity contribution < 1.29 is 14.7 Å². The number of nitrogens with one attached hydrogen (secondary N) is 1. The number of nitrogens with two attached hydrogens (primary N) is 1. The first kappa shape index (κ1) is 12.9. The summed E-state index contributed by atoms with van der Waals surface area (Å²) in [6, 6.07) is -0.825. The zero-order valence-electron chi connectivity index (χ0n) is 9.48. The minimum Gasteiger partial charge on any atom is -0.480 e. The lowest BCUT2D eigenvalue weighted by Crippen LogP contribution is -2.47. The Bertz CT molecular complexity index is 270. The Labute approximate surface area is 94.8 Å². The third-order valence-electron chi connectivity index (χ3n) is 2.82. The van der Waals surface area contributed by atoms with E-state index in [2.05, 4.69) is 5.32 Å². The molecule has 2 atom stereocenters. The molecule has 1 heterocycles. The molecule has 0 aromatic heterocycles. The third kappa shape index (κ3) is 3.79. The van der Waals surface area contributed by atoms with Gasteiger partial charge in [0.05, 0.1) is 0 Å². The van der Waals surface area contributed by atoms with Gasteiger partial charge in [0, 0.05) is 20.0 Å². The fourth-order valence-electron chi connectivity index (χ4n) is 1.96. The highest BCUT2D eigenvalue weighted by molar-refractivity contribution is 5.82. The number of nitrogens with zero attached hydrogens (tertiary/aromatic N) is 1. The molecule has 1 amide bonds. The summed E-state index contributed by atoms with van der Waals surface area (Å²) in [5, 5.41) is 11.4. The second-order valence-corrected chi connectivity index (χ2v) is 4.24. The Morgan fingerprint density at radius 1 is 1.62 bits per heavy atom. The van der Waals surface area contributed by atoms with E-state index in [0.29, 0.717) is 19.0 Å². The van der Waals surface area contributed by atoms with Crippen molar-refractivity contribution in [3.8, 4) is 0 Å². The van der Waals surface area contributed by atoms with Crippen molar-refractivity contribution in [2.24, 2.45) is 11.7 Å². The van der Waals surface area contributed by atoms with Crippen LogP contribution >= 0.6 is 0 Å². The number of amides is 1. The molecule has 1 aliphatic heterocycles. The first-order valence-corrected chi connectivity index (χ1v) is 5.45. The molecular weight excluding hydrogens is 210 g/mol. The zero-order chi connectivity index (χ0) is 12.1. The molecule has 4 N–H and O–H groups in total. The summed E-state index contributed by atoms with van der Waals surface area (Å²) in [5.41, 5.74) is 5.55. The first-order chi connectivity index (χ1) is 7.52. The maximum absolute atomic E-state index is 10.9. The average Bonchev–Trinajstić information content (AvgIpc) is 2.63. The quantitative estimate of drug-likeness (QED) is 0.553. The summed E-state index contributed by atoms with van der Waals surface area (Å²) in [6.07, 6.45) is 1.00. The van der Waals surface area contributed by atoms with Crippen molar-refractivity contribution in [1.29, 1.82) is 0 Å². The Kier molecular flexibility index (Phi) is 4.70. The highest BCUT2D eigenvalue weighted by Gasteiger charge is 2.27. The number of hydrogen-bond donors (Lipinski definition) is 3. The van der Waals surface area contributed by atoms with Crippen molar-refractivity contribution in [2.75, 3.05) is 26.2 Å². The van der Waals surface area contributed by atoms with E-state index in [9.17, 15) is 9.59 Å². The molecule has 0 saturated carbocycles. The summed E-state index contributed by atoms with van der Waals surface area (Å²) in [7, 11) is 0. The largest absolute Gasteiger partial charge is 0.480 e. The minimum atomic E-state index is -0.994. The van der Waals surface area contributed by atoms with E-state index in [0.717, 1.165) is 19.5 Å². The van der Waals surface area contributed by atoms with Crippen LogP contribution in [0, 0.1) is 5.92 Å². The Hall–Kier alpha value is -1.14. The van der Waals surface area contributed by atoms with Crippen LogP contribution in [-0.2, 0) is 9.59 Å². The summed E-state index contributed by atoms with van der Waals surface area (Å²) in [5.74, 6) is -0.861. The SMILES string of the molecule is CC(=O)NC(CN1CCC(CN)C1)C(=O)O. The number of hydrogen-bond acceptors (Lipinski definition) is 4. The van der Waals surface area contributed by atoms with Crippen molar-refractivity contribution in [3.63, 3.8) is 0 Å². The van der Waals surface area contributed by atoms with Crippen molar-refractivity contribution in [1.82, 2.24) is 10.2 Å². The van der Waals surface area contributed by atoms with Crippen LogP contribution in [0.3, 0.4) is 0 Å². The topological polar surface area (TPSA) is 95.7 Å². The number of carbonyl (C=O) groups is 2.